The molecule has 0 radical (unpaired) electrons. The second-order valence-corrected chi connectivity index (χ2v) is 4.89. The SMILES string of the molecule is COc1ccc(C)cc1N(C)CC1(N)CC1. The van der Waals surface area contributed by atoms with E-state index in [1.807, 2.05) is 6.07 Å². The maximum absolute atomic E-state index is 6.13. The number of nitrogens with two attached hydrogens (primary N) is 1. The molecule has 0 bridgehead atoms. The third kappa shape index (κ3) is 2.30. The fraction of sp³-hybridized carbons (Fsp3) is 0.538. The van der Waals surface area contributed by atoms with Gasteiger partial charge in [-0.3, -0.25) is 0 Å². The van der Waals surface area contributed by atoms with Crippen molar-refractivity contribution < 1.29 is 4.74 Å². The molecule has 1 aromatic rings. The van der Waals surface area contributed by atoms with Gasteiger partial charge in [0.2, 0.25) is 0 Å². The highest BCUT2D eigenvalue weighted by molar-refractivity contribution is 5.60. The molecule has 0 heterocycles. The molecule has 1 aliphatic carbocycles. The molecular weight excluding hydrogens is 200 g/mol. The molecule has 3 heteroatoms. The van der Waals surface area contributed by atoms with Gasteiger partial charge in [0.15, 0.2) is 0 Å². The predicted molar refractivity (Wildman–Crippen MR) is 67.2 cm³/mol. The van der Waals surface area contributed by atoms with E-state index in [0.717, 1.165) is 30.8 Å². The lowest BCUT2D eigenvalue weighted by Gasteiger charge is -2.25. The minimum atomic E-state index is 0.0313. The molecule has 0 atom stereocenters. The molecule has 0 saturated heterocycles. The summed E-state index contributed by atoms with van der Waals surface area (Å²) in [5, 5.41) is 0. The van der Waals surface area contributed by atoms with Crippen molar-refractivity contribution in [3.05, 3.63) is 23.8 Å². The molecule has 88 valence electrons. The molecule has 0 unspecified atom stereocenters. The van der Waals surface area contributed by atoms with E-state index in [0.29, 0.717) is 0 Å². The van der Waals surface area contributed by atoms with Crippen molar-refractivity contribution >= 4 is 5.69 Å². The van der Waals surface area contributed by atoms with Gasteiger partial charge in [-0.2, -0.15) is 0 Å². The summed E-state index contributed by atoms with van der Waals surface area (Å²) in [5.74, 6) is 0.914. The van der Waals surface area contributed by atoms with E-state index < -0.39 is 0 Å². The maximum Gasteiger partial charge on any atom is 0.142 e. The number of methoxy groups -OCH3 is 1. The van der Waals surface area contributed by atoms with Crippen LogP contribution >= 0.6 is 0 Å². The van der Waals surface area contributed by atoms with Crippen LogP contribution in [0.3, 0.4) is 0 Å². The largest absolute Gasteiger partial charge is 0.495 e. The number of nitrogens with zero attached hydrogens (tertiary/aromatic N) is 1. The van der Waals surface area contributed by atoms with Gasteiger partial charge >= 0.3 is 0 Å². The molecule has 2 rings (SSSR count). The Morgan fingerprint density at radius 3 is 2.69 bits per heavy atom. The van der Waals surface area contributed by atoms with Crippen LogP contribution in [0.5, 0.6) is 5.75 Å². The quantitative estimate of drug-likeness (QED) is 0.842. The lowest BCUT2D eigenvalue weighted by Crippen LogP contribution is -2.37. The highest BCUT2D eigenvalue weighted by Crippen LogP contribution is 2.36. The predicted octanol–water partition coefficient (Wildman–Crippen LogP) is 1.93. The summed E-state index contributed by atoms with van der Waals surface area (Å²) >= 11 is 0. The van der Waals surface area contributed by atoms with E-state index in [1.54, 1.807) is 7.11 Å². The van der Waals surface area contributed by atoms with Gasteiger partial charge in [-0.05, 0) is 37.5 Å². The number of likely N-dealkylation sites (N-methyl/N-ethyl adjacent to an activating group) is 1. The summed E-state index contributed by atoms with van der Waals surface area (Å²) in [6, 6.07) is 6.22. The van der Waals surface area contributed by atoms with Gasteiger partial charge < -0.3 is 15.4 Å². The van der Waals surface area contributed by atoms with Gasteiger partial charge in [-0.1, -0.05) is 6.07 Å². The van der Waals surface area contributed by atoms with Crippen LogP contribution in [0.2, 0.25) is 0 Å². The molecule has 0 spiro atoms. The van der Waals surface area contributed by atoms with Crippen LogP contribution in [0.1, 0.15) is 18.4 Å². The Morgan fingerprint density at radius 2 is 2.12 bits per heavy atom. The Hall–Kier alpha value is -1.22. The van der Waals surface area contributed by atoms with Crippen molar-refractivity contribution in [1.82, 2.24) is 0 Å². The van der Waals surface area contributed by atoms with Crippen molar-refractivity contribution in [3.8, 4) is 5.75 Å². The number of ether oxygens (including phenoxy) is 1. The lowest BCUT2D eigenvalue weighted by atomic mass is 10.1. The molecule has 1 saturated carbocycles. The summed E-state index contributed by atoms with van der Waals surface area (Å²) in [6.45, 7) is 2.99. The third-order valence-corrected chi connectivity index (χ3v) is 3.19. The first-order valence-corrected chi connectivity index (χ1v) is 5.69. The van der Waals surface area contributed by atoms with Crippen molar-refractivity contribution in [1.29, 1.82) is 0 Å². The fourth-order valence-electron chi connectivity index (χ4n) is 1.97. The number of aryl methyl sites for hydroxylation is 1. The Kier molecular flexibility index (Phi) is 2.80. The molecule has 1 aliphatic rings. The zero-order valence-electron chi connectivity index (χ0n) is 10.3. The topological polar surface area (TPSA) is 38.5 Å². The second-order valence-electron chi connectivity index (χ2n) is 4.89. The monoisotopic (exact) mass is 220 g/mol. The average molecular weight is 220 g/mol. The van der Waals surface area contributed by atoms with Crippen molar-refractivity contribution in [2.24, 2.45) is 5.73 Å². The zero-order valence-corrected chi connectivity index (χ0v) is 10.3. The Morgan fingerprint density at radius 1 is 1.44 bits per heavy atom. The molecule has 1 aromatic carbocycles. The highest BCUT2D eigenvalue weighted by atomic mass is 16.5. The van der Waals surface area contributed by atoms with Gasteiger partial charge in [0.05, 0.1) is 12.8 Å². The smallest absolute Gasteiger partial charge is 0.142 e. The molecule has 3 nitrogen and oxygen atoms in total. The lowest BCUT2D eigenvalue weighted by molar-refractivity contribution is 0.414. The Bertz CT molecular complexity index is 386. The Balaban J connectivity index is 2.20. The van der Waals surface area contributed by atoms with Crippen molar-refractivity contribution in [2.45, 2.75) is 25.3 Å². The Labute approximate surface area is 97.2 Å². The van der Waals surface area contributed by atoms with Crippen LogP contribution in [0.4, 0.5) is 5.69 Å². The maximum atomic E-state index is 6.13. The molecule has 2 N–H and O–H groups in total. The molecule has 0 aromatic heterocycles. The van der Waals surface area contributed by atoms with Gasteiger partial charge in [0.1, 0.15) is 5.75 Å². The van der Waals surface area contributed by atoms with Crippen LogP contribution < -0.4 is 15.4 Å². The average Bonchev–Trinajstić information content (AvgIpc) is 2.96. The van der Waals surface area contributed by atoms with Gasteiger partial charge in [-0.25, -0.2) is 0 Å². The first kappa shape index (κ1) is 11.3. The fourth-order valence-corrected chi connectivity index (χ4v) is 1.97. The van der Waals surface area contributed by atoms with Crippen LogP contribution in [-0.2, 0) is 0 Å². The summed E-state index contributed by atoms with van der Waals surface area (Å²) in [6.07, 6.45) is 2.26. The van der Waals surface area contributed by atoms with Crippen molar-refractivity contribution in [3.63, 3.8) is 0 Å². The van der Waals surface area contributed by atoms with Crippen LogP contribution in [0, 0.1) is 6.92 Å². The third-order valence-electron chi connectivity index (χ3n) is 3.19. The molecule has 16 heavy (non-hydrogen) atoms. The molecule has 0 amide bonds. The molecular formula is C13H20N2O. The summed E-state index contributed by atoms with van der Waals surface area (Å²) in [5.41, 5.74) is 8.53. The van der Waals surface area contributed by atoms with Gasteiger partial charge in [-0.15, -0.1) is 0 Å². The van der Waals surface area contributed by atoms with Crippen LogP contribution in [0.25, 0.3) is 0 Å². The summed E-state index contributed by atoms with van der Waals surface area (Å²) in [4.78, 5) is 2.19. The number of hydrogen-bond donors (Lipinski definition) is 1. The number of benzene rings is 1. The minimum Gasteiger partial charge on any atom is -0.495 e. The van der Waals surface area contributed by atoms with E-state index in [-0.39, 0.29) is 5.54 Å². The number of rotatable bonds is 4. The normalized spacial score (nSPS) is 17.0. The summed E-state index contributed by atoms with van der Waals surface area (Å²) < 4.78 is 5.37. The molecule has 1 fully saturated rings. The first-order chi connectivity index (χ1) is 7.54. The van der Waals surface area contributed by atoms with Crippen LogP contribution in [-0.4, -0.2) is 26.2 Å². The molecule has 0 aliphatic heterocycles. The van der Waals surface area contributed by atoms with E-state index in [2.05, 4.69) is 31.0 Å². The number of anilines is 1. The second kappa shape index (κ2) is 3.98. The zero-order chi connectivity index (χ0) is 11.8. The van der Waals surface area contributed by atoms with Gasteiger partial charge in [0.25, 0.3) is 0 Å². The number of hydrogen-bond acceptors (Lipinski definition) is 3. The standard InChI is InChI=1S/C13H20N2O/c1-10-4-5-12(16-3)11(8-10)15(2)9-13(14)6-7-13/h4-5,8H,6-7,9,14H2,1-3H3. The van der Waals surface area contributed by atoms with Crippen LogP contribution in [0.15, 0.2) is 18.2 Å². The van der Waals surface area contributed by atoms with E-state index in [1.165, 1.54) is 5.56 Å². The highest BCUT2D eigenvalue weighted by Gasteiger charge is 2.39. The van der Waals surface area contributed by atoms with E-state index in [4.69, 9.17) is 10.5 Å². The first-order valence-electron chi connectivity index (χ1n) is 5.69. The van der Waals surface area contributed by atoms with Gasteiger partial charge in [0, 0.05) is 19.1 Å². The van der Waals surface area contributed by atoms with E-state index >= 15 is 0 Å². The van der Waals surface area contributed by atoms with E-state index in [9.17, 15) is 0 Å². The minimum absolute atomic E-state index is 0.0313. The summed E-state index contributed by atoms with van der Waals surface area (Å²) in [7, 11) is 3.78. The van der Waals surface area contributed by atoms with Crippen molar-refractivity contribution in [2.75, 3.05) is 25.6 Å².